The molecule has 0 N–H and O–H groups in total. The zero-order valence-corrected chi connectivity index (χ0v) is 20.5. The third kappa shape index (κ3) is 6.97. The molecule has 0 amide bonds. The van der Waals surface area contributed by atoms with Gasteiger partial charge in [-0.05, 0) is 35.7 Å². The SMILES string of the molecule is CC(=O)OCCOCc1nc(C(C)C)c(Sc2cc(Cl)cc(Cl)c2)n1Cc1cccnc1. The zero-order valence-electron chi connectivity index (χ0n) is 18.2. The fourth-order valence-corrected chi connectivity index (χ4v) is 4.96. The third-order valence-corrected chi connectivity index (χ3v) is 5.98. The molecule has 0 atom stereocenters. The average Bonchev–Trinajstić information content (AvgIpc) is 3.05. The van der Waals surface area contributed by atoms with Gasteiger partial charge in [-0.3, -0.25) is 9.78 Å². The number of aromatic nitrogens is 3. The average molecular weight is 494 g/mol. The Bertz CT molecular complexity index is 1040. The second-order valence-corrected chi connectivity index (χ2v) is 9.36. The largest absolute Gasteiger partial charge is 0.463 e. The molecule has 0 saturated heterocycles. The van der Waals surface area contributed by atoms with Crippen LogP contribution in [-0.2, 0) is 27.4 Å². The molecule has 0 radical (unpaired) electrons. The number of pyridine rings is 1. The molecule has 1 aromatic carbocycles. The van der Waals surface area contributed by atoms with Crippen molar-refractivity contribution in [2.24, 2.45) is 0 Å². The van der Waals surface area contributed by atoms with E-state index in [1.54, 1.807) is 24.0 Å². The Kier molecular flexibility index (Phi) is 8.99. The molecular weight excluding hydrogens is 469 g/mol. The Balaban J connectivity index is 1.94. The first kappa shape index (κ1) is 24.6. The predicted octanol–water partition coefficient (Wildman–Crippen LogP) is 5.99. The summed E-state index contributed by atoms with van der Waals surface area (Å²) in [6, 6.07) is 9.43. The van der Waals surface area contributed by atoms with Crippen molar-refractivity contribution in [1.82, 2.24) is 14.5 Å². The number of esters is 1. The van der Waals surface area contributed by atoms with E-state index in [9.17, 15) is 4.79 Å². The molecule has 3 rings (SSSR count). The number of carbonyl (C=O) groups is 1. The second-order valence-electron chi connectivity index (χ2n) is 7.42. The van der Waals surface area contributed by atoms with Gasteiger partial charge in [0.15, 0.2) is 0 Å². The molecule has 9 heteroatoms. The maximum atomic E-state index is 11.0. The van der Waals surface area contributed by atoms with Crippen LogP contribution in [0.15, 0.2) is 52.6 Å². The standard InChI is InChI=1S/C23H25Cl2N3O3S/c1-15(2)22-23(32-20-10-18(24)9-19(25)11-20)28(13-17-5-4-6-26-12-17)21(27-22)14-30-7-8-31-16(3)29/h4-6,9-12,15H,7-8,13-14H2,1-3H3. The molecule has 0 saturated carbocycles. The topological polar surface area (TPSA) is 66.2 Å². The minimum absolute atomic E-state index is 0.196. The van der Waals surface area contributed by atoms with Crippen molar-refractivity contribution >= 4 is 40.9 Å². The number of carbonyl (C=O) groups excluding carboxylic acids is 1. The highest BCUT2D eigenvalue weighted by atomic mass is 35.5. The number of nitrogens with zero attached hydrogens (tertiary/aromatic N) is 3. The summed E-state index contributed by atoms with van der Waals surface area (Å²) in [6.45, 7) is 6.97. The lowest BCUT2D eigenvalue weighted by Crippen LogP contribution is -2.11. The van der Waals surface area contributed by atoms with Crippen LogP contribution < -0.4 is 0 Å². The number of hydrogen-bond donors (Lipinski definition) is 0. The van der Waals surface area contributed by atoms with Crippen molar-refractivity contribution in [1.29, 1.82) is 0 Å². The van der Waals surface area contributed by atoms with Crippen LogP contribution in [0.2, 0.25) is 10.0 Å². The van der Waals surface area contributed by atoms with Crippen LogP contribution in [0.25, 0.3) is 0 Å². The summed E-state index contributed by atoms with van der Waals surface area (Å²) < 4.78 is 12.8. The van der Waals surface area contributed by atoms with E-state index in [0.29, 0.717) is 23.2 Å². The Morgan fingerprint density at radius 3 is 2.56 bits per heavy atom. The summed E-state index contributed by atoms with van der Waals surface area (Å²) in [5.74, 6) is 0.658. The Morgan fingerprint density at radius 1 is 1.19 bits per heavy atom. The van der Waals surface area contributed by atoms with Crippen LogP contribution >= 0.6 is 35.0 Å². The minimum Gasteiger partial charge on any atom is -0.463 e. The van der Waals surface area contributed by atoms with Crippen molar-refractivity contribution in [3.63, 3.8) is 0 Å². The molecule has 2 aromatic heterocycles. The van der Waals surface area contributed by atoms with E-state index in [1.165, 1.54) is 6.92 Å². The molecule has 0 fully saturated rings. The van der Waals surface area contributed by atoms with Gasteiger partial charge >= 0.3 is 5.97 Å². The van der Waals surface area contributed by atoms with E-state index in [4.69, 9.17) is 37.7 Å². The number of ether oxygens (including phenoxy) is 2. The van der Waals surface area contributed by atoms with E-state index >= 15 is 0 Å². The molecule has 0 aliphatic carbocycles. The molecule has 6 nitrogen and oxygen atoms in total. The lowest BCUT2D eigenvalue weighted by molar-refractivity contribution is -0.142. The molecule has 3 aromatic rings. The van der Waals surface area contributed by atoms with Crippen molar-refractivity contribution in [3.8, 4) is 0 Å². The quantitative estimate of drug-likeness (QED) is 0.255. The summed E-state index contributed by atoms with van der Waals surface area (Å²) in [6.07, 6.45) is 3.59. The van der Waals surface area contributed by atoms with Gasteiger partial charge in [0.1, 0.15) is 24.1 Å². The summed E-state index contributed by atoms with van der Waals surface area (Å²) in [7, 11) is 0. The number of imidazole rings is 1. The fourth-order valence-electron chi connectivity index (χ4n) is 3.04. The molecule has 0 spiro atoms. The summed E-state index contributed by atoms with van der Waals surface area (Å²) in [4.78, 5) is 21.0. The predicted molar refractivity (Wildman–Crippen MR) is 127 cm³/mol. The van der Waals surface area contributed by atoms with E-state index in [2.05, 4.69) is 23.4 Å². The lowest BCUT2D eigenvalue weighted by Gasteiger charge is -2.14. The van der Waals surface area contributed by atoms with Crippen LogP contribution in [0.4, 0.5) is 0 Å². The van der Waals surface area contributed by atoms with Crippen LogP contribution in [0.5, 0.6) is 0 Å². The summed E-state index contributed by atoms with van der Waals surface area (Å²) in [5.41, 5.74) is 2.01. The number of hydrogen-bond acceptors (Lipinski definition) is 6. The third-order valence-electron chi connectivity index (χ3n) is 4.45. The Labute approximate surface area is 202 Å². The van der Waals surface area contributed by atoms with Crippen LogP contribution in [0, 0.1) is 0 Å². The lowest BCUT2D eigenvalue weighted by atomic mass is 10.1. The maximum absolute atomic E-state index is 11.0. The van der Waals surface area contributed by atoms with E-state index in [1.807, 2.05) is 30.5 Å². The molecule has 0 unspecified atom stereocenters. The molecule has 170 valence electrons. The highest BCUT2D eigenvalue weighted by Crippen LogP contribution is 2.37. The van der Waals surface area contributed by atoms with Crippen LogP contribution in [-0.4, -0.2) is 33.7 Å². The Hall–Kier alpha value is -2.06. The molecule has 2 heterocycles. The maximum Gasteiger partial charge on any atom is 0.302 e. The Morgan fingerprint density at radius 2 is 1.94 bits per heavy atom. The smallest absolute Gasteiger partial charge is 0.302 e. The first-order chi connectivity index (χ1) is 15.3. The van der Waals surface area contributed by atoms with Crippen LogP contribution in [0.3, 0.4) is 0 Å². The van der Waals surface area contributed by atoms with Gasteiger partial charge in [0.05, 0.1) is 18.8 Å². The highest BCUT2D eigenvalue weighted by molar-refractivity contribution is 7.99. The molecule has 0 aliphatic rings. The summed E-state index contributed by atoms with van der Waals surface area (Å²) >= 11 is 14.0. The molecular formula is C23H25Cl2N3O3S. The normalized spacial score (nSPS) is 11.2. The van der Waals surface area contributed by atoms with Gasteiger partial charge in [-0.2, -0.15) is 0 Å². The fraction of sp³-hybridized carbons (Fsp3) is 0.348. The van der Waals surface area contributed by atoms with Gasteiger partial charge in [-0.25, -0.2) is 4.98 Å². The van der Waals surface area contributed by atoms with E-state index in [-0.39, 0.29) is 25.1 Å². The highest BCUT2D eigenvalue weighted by Gasteiger charge is 2.21. The first-order valence-electron chi connectivity index (χ1n) is 10.2. The first-order valence-corrected chi connectivity index (χ1v) is 11.7. The van der Waals surface area contributed by atoms with Crippen LogP contribution in [0.1, 0.15) is 43.8 Å². The number of rotatable bonds is 10. The summed E-state index contributed by atoms with van der Waals surface area (Å²) in [5, 5.41) is 2.16. The molecule has 32 heavy (non-hydrogen) atoms. The van der Waals surface area contributed by atoms with Crippen molar-refractivity contribution in [3.05, 3.63) is 69.9 Å². The number of benzene rings is 1. The number of halogens is 2. The molecule has 0 bridgehead atoms. The monoisotopic (exact) mass is 493 g/mol. The van der Waals surface area contributed by atoms with E-state index < -0.39 is 0 Å². The van der Waals surface area contributed by atoms with Gasteiger partial charge in [0, 0.05) is 34.3 Å². The van der Waals surface area contributed by atoms with Gasteiger partial charge in [0.2, 0.25) is 0 Å². The second kappa shape index (κ2) is 11.7. The van der Waals surface area contributed by atoms with Gasteiger partial charge in [-0.1, -0.05) is 54.9 Å². The molecule has 0 aliphatic heterocycles. The van der Waals surface area contributed by atoms with E-state index in [0.717, 1.165) is 27.0 Å². The van der Waals surface area contributed by atoms with Gasteiger partial charge in [0.25, 0.3) is 0 Å². The van der Waals surface area contributed by atoms with Gasteiger partial charge in [-0.15, -0.1) is 0 Å². The van der Waals surface area contributed by atoms with Gasteiger partial charge < -0.3 is 14.0 Å². The van der Waals surface area contributed by atoms with Crippen molar-refractivity contribution in [2.75, 3.05) is 13.2 Å². The minimum atomic E-state index is -0.326. The zero-order chi connectivity index (χ0) is 23.1. The van der Waals surface area contributed by atoms with Crippen molar-refractivity contribution < 1.29 is 14.3 Å². The van der Waals surface area contributed by atoms with Crippen molar-refractivity contribution in [2.45, 2.75) is 49.8 Å².